The Hall–Kier alpha value is -1.56. The molecule has 0 radical (unpaired) electrons. The lowest BCUT2D eigenvalue weighted by molar-refractivity contribution is 0.563. The molecule has 1 rings (SSSR count). The van der Waals surface area contributed by atoms with E-state index < -0.39 is 0 Å². The first kappa shape index (κ1) is 14.5. The standard InChI is InChI=1S/C15H21FN2/c1-3-5-7-14(6-4-2)18-15-9-12(11-17)8-13(16)10-15/h8-10,14,18H,3-7H2,1-2H3. The molecule has 3 heteroatoms. The minimum atomic E-state index is -0.359. The van der Waals surface area contributed by atoms with E-state index in [0.29, 0.717) is 17.3 Å². The Morgan fingerprint density at radius 1 is 1.22 bits per heavy atom. The number of nitrogens with zero attached hydrogens (tertiary/aromatic N) is 1. The van der Waals surface area contributed by atoms with Gasteiger partial charge in [0.25, 0.3) is 0 Å². The van der Waals surface area contributed by atoms with Crippen LogP contribution < -0.4 is 5.32 Å². The largest absolute Gasteiger partial charge is 0.382 e. The second kappa shape index (κ2) is 7.71. The predicted octanol–water partition coefficient (Wildman–Crippen LogP) is 4.47. The van der Waals surface area contributed by atoms with Crippen LogP contribution in [0.25, 0.3) is 0 Å². The number of halogens is 1. The van der Waals surface area contributed by atoms with Gasteiger partial charge in [0.1, 0.15) is 5.82 Å². The smallest absolute Gasteiger partial charge is 0.126 e. The molecule has 1 atom stereocenters. The fourth-order valence-corrected chi connectivity index (χ4v) is 2.06. The van der Waals surface area contributed by atoms with Gasteiger partial charge < -0.3 is 5.32 Å². The zero-order chi connectivity index (χ0) is 13.4. The van der Waals surface area contributed by atoms with Crippen molar-refractivity contribution < 1.29 is 4.39 Å². The molecule has 0 saturated carbocycles. The Bertz CT molecular complexity index is 409. The predicted molar refractivity (Wildman–Crippen MR) is 73.0 cm³/mol. The first-order chi connectivity index (χ1) is 8.69. The van der Waals surface area contributed by atoms with Gasteiger partial charge in [-0.3, -0.25) is 0 Å². The lowest BCUT2D eigenvalue weighted by Crippen LogP contribution is -2.19. The SMILES string of the molecule is CCCCC(CCC)Nc1cc(F)cc(C#N)c1. The van der Waals surface area contributed by atoms with E-state index in [1.807, 2.05) is 6.07 Å². The van der Waals surface area contributed by atoms with Crippen LogP contribution in [0.1, 0.15) is 51.5 Å². The highest BCUT2D eigenvalue weighted by Crippen LogP contribution is 2.18. The van der Waals surface area contributed by atoms with E-state index in [4.69, 9.17) is 5.26 Å². The third-order valence-electron chi connectivity index (χ3n) is 2.94. The van der Waals surface area contributed by atoms with Gasteiger partial charge in [-0.15, -0.1) is 0 Å². The van der Waals surface area contributed by atoms with Gasteiger partial charge in [0, 0.05) is 11.7 Å². The summed E-state index contributed by atoms with van der Waals surface area (Å²) in [6.07, 6.45) is 5.58. The molecule has 18 heavy (non-hydrogen) atoms. The molecule has 1 N–H and O–H groups in total. The second-order valence-corrected chi connectivity index (χ2v) is 4.61. The Morgan fingerprint density at radius 3 is 2.61 bits per heavy atom. The molecular formula is C15H21FN2. The summed E-state index contributed by atoms with van der Waals surface area (Å²) in [5.41, 5.74) is 1.07. The summed E-state index contributed by atoms with van der Waals surface area (Å²) in [6, 6.07) is 6.76. The van der Waals surface area contributed by atoms with Crippen LogP contribution in [0.3, 0.4) is 0 Å². The number of nitrogens with one attached hydrogen (secondary N) is 1. The zero-order valence-electron chi connectivity index (χ0n) is 11.2. The lowest BCUT2D eigenvalue weighted by Gasteiger charge is -2.19. The fraction of sp³-hybridized carbons (Fsp3) is 0.533. The highest BCUT2D eigenvalue weighted by Gasteiger charge is 2.08. The molecule has 0 bridgehead atoms. The van der Waals surface area contributed by atoms with Crippen molar-refractivity contribution in [3.63, 3.8) is 0 Å². The van der Waals surface area contributed by atoms with Crippen LogP contribution in [0.4, 0.5) is 10.1 Å². The third-order valence-corrected chi connectivity index (χ3v) is 2.94. The monoisotopic (exact) mass is 248 g/mol. The summed E-state index contributed by atoms with van der Waals surface area (Å²) >= 11 is 0. The van der Waals surface area contributed by atoms with E-state index in [0.717, 1.165) is 32.1 Å². The molecule has 0 saturated heterocycles. The van der Waals surface area contributed by atoms with Gasteiger partial charge in [0.15, 0.2) is 0 Å². The number of nitriles is 1. The normalized spacial score (nSPS) is 11.9. The summed E-state index contributed by atoms with van der Waals surface area (Å²) in [6.45, 7) is 4.31. The first-order valence-electron chi connectivity index (χ1n) is 6.66. The average Bonchev–Trinajstić information content (AvgIpc) is 2.35. The topological polar surface area (TPSA) is 35.8 Å². The molecule has 2 nitrogen and oxygen atoms in total. The van der Waals surface area contributed by atoms with Gasteiger partial charge in [-0.2, -0.15) is 5.26 Å². The molecule has 0 aliphatic heterocycles. The van der Waals surface area contributed by atoms with Gasteiger partial charge in [0.2, 0.25) is 0 Å². The number of unbranched alkanes of at least 4 members (excludes halogenated alkanes) is 1. The van der Waals surface area contributed by atoms with Crippen molar-refractivity contribution >= 4 is 5.69 Å². The Kier molecular flexibility index (Phi) is 6.21. The van der Waals surface area contributed by atoms with E-state index in [9.17, 15) is 4.39 Å². The van der Waals surface area contributed by atoms with Gasteiger partial charge in [0.05, 0.1) is 11.6 Å². The number of anilines is 1. The molecule has 0 aromatic heterocycles. The highest BCUT2D eigenvalue weighted by atomic mass is 19.1. The molecule has 1 unspecified atom stereocenters. The quantitative estimate of drug-likeness (QED) is 0.772. The van der Waals surface area contributed by atoms with Crippen LogP contribution in [0.2, 0.25) is 0 Å². The maximum Gasteiger partial charge on any atom is 0.126 e. The van der Waals surface area contributed by atoms with Crippen LogP contribution in [0, 0.1) is 17.1 Å². The maximum atomic E-state index is 13.3. The van der Waals surface area contributed by atoms with Crippen molar-refractivity contribution in [3.05, 3.63) is 29.6 Å². The van der Waals surface area contributed by atoms with Crippen molar-refractivity contribution in [2.24, 2.45) is 0 Å². The van der Waals surface area contributed by atoms with Gasteiger partial charge in [-0.05, 0) is 31.0 Å². The average molecular weight is 248 g/mol. The number of hydrogen-bond donors (Lipinski definition) is 1. The molecule has 1 aromatic carbocycles. The molecule has 0 spiro atoms. The van der Waals surface area contributed by atoms with E-state index in [-0.39, 0.29) is 5.82 Å². The lowest BCUT2D eigenvalue weighted by atomic mass is 10.0. The molecule has 98 valence electrons. The summed E-state index contributed by atoms with van der Waals surface area (Å²) < 4.78 is 13.3. The Morgan fingerprint density at radius 2 is 2.00 bits per heavy atom. The molecule has 0 aliphatic carbocycles. The van der Waals surface area contributed by atoms with Crippen molar-refractivity contribution in [1.29, 1.82) is 5.26 Å². The highest BCUT2D eigenvalue weighted by molar-refractivity contribution is 5.50. The van der Waals surface area contributed by atoms with Crippen molar-refractivity contribution in [1.82, 2.24) is 0 Å². The summed E-state index contributed by atoms with van der Waals surface area (Å²) in [7, 11) is 0. The van der Waals surface area contributed by atoms with Crippen LogP contribution in [0.15, 0.2) is 18.2 Å². The van der Waals surface area contributed by atoms with Crippen LogP contribution >= 0.6 is 0 Å². The molecule has 0 fully saturated rings. The zero-order valence-corrected chi connectivity index (χ0v) is 11.2. The fourth-order valence-electron chi connectivity index (χ4n) is 2.06. The van der Waals surface area contributed by atoms with Gasteiger partial charge in [-0.1, -0.05) is 33.1 Å². The molecule has 0 heterocycles. The summed E-state index contributed by atoms with van der Waals surface area (Å²) in [5.74, 6) is -0.359. The van der Waals surface area contributed by atoms with Crippen molar-refractivity contribution in [2.45, 2.75) is 52.0 Å². The minimum Gasteiger partial charge on any atom is -0.382 e. The van der Waals surface area contributed by atoms with Gasteiger partial charge >= 0.3 is 0 Å². The Balaban J connectivity index is 2.73. The molecule has 1 aromatic rings. The van der Waals surface area contributed by atoms with Gasteiger partial charge in [-0.25, -0.2) is 4.39 Å². The molecular weight excluding hydrogens is 227 g/mol. The maximum absolute atomic E-state index is 13.3. The number of hydrogen-bond acceptors (Lipinski definition) is 2. The van der Waals surface area contributed by atoms with E-state index in [1.165, 1.54) is 12.1 Å². The van der Waals surface area contributed by atoms with E-state index in [1.54, 1.807) is 6.07 Å². The summed E-state index contributed by atoms with van der Waals surface area (Å²) in [5, 5.41) is 12.2. The minimum absolute atomic E-state index is 0.359. The third kappa shape index (κ3) is 4.75. The number of benzene rings is 1. The molecule has 0 aliphatic rings. The first-order valence-corrected chi connectivity index (χ1v) is 6.66. The van der Waals surface area contributed by atoms with Crippen LogP contribution in [0.5, 0.6) is 0 Å². The summed E-state index contributed by atoms with van der Waals surface area (Å²) in [4.78, 5) is 0. The van der Waals surface area contributed by atoms with E-state index in [2.05, 4.69) is 19.2 Å². The van der Waals surface area contributed by atoms with Crippen LogP contribution in [-0.4, -0.2) is 6.04 Å². The number of rotatable bonds is 7. The second-order valence-electron chi connectivity index (χ2n) is 4.61. The van der Waals surface area contributed by atoms with Crippen molar-refractivity contribution in [3.8, 4) is 6.07 Å². The van der Waals surface area contributed by atoms with E-state index >= 15 is 0 Å². The van der Waals surface area contributed by atoms with Crippen LogP contribution in [-0.2, 0) is 0 Å². The van der Waals surface area contributed by atoms with Crippen molar-refractivity contribution in [2.75, 3.05) is 5.32 Å². The Labute approximate surface area is 109 Å². The molecule has 0 amide bonds.